The van der Waals surface area contributed by atoms with E-state index in [0.717, 1.165) is 12.2 Å². The van der Waals surface area contributed by atoms with Gasteiger partial charge in [-0.2, -0.15) is 11.8 Å². The summed E-state index contributed by atoms with van der Waals surface area (Å²) in [7, 11) is -3.16. The molecule has 0 spiro atoms. The van der Waals surface area contributed by atoms with E-state index in [1.54, 1.807) is 11.8 Å². The lowest BCUT2D eigenvalue weighted by molar-refractivity contribution is 0.559. The molecule has 0 aromatic rings. The van der Waals surface area contributed by atoms with Crippen LogP contribution in [0, 0.1) is 0 Å². The number of thioether (sulfide) groups is 1. The molecule has 0 aliphatic heterocycles. The van der Waals surface area contributed by atoms with Crippen molar-refractivity contribution in [3.8, 4) is 0 Å². The summed E-state index contributed by atoms with van der Waals surface area (Å²) in [6, 6.07) is 0.0308. The molecule has 1 unspecified atom stereocenters. The topological polar surface area (TPSA) is 46.2 Å². The molecular weight excluding hydrogens is 230 g/mol. The van der Waals surface area contributed by atoms with Crippen LogP contribution in [0.5, 0.6) is 0 Å². The van der Waals surface area contributed by atoms with E-state index >= 15 is 0 Å². The summed E-state index contributed by atoms with van der Waals surface area (Å²) < 4.78 is 25.2. The Morgan fingerprint density at radius 3 is 2.54 bits per heavy atom. The zero-order chi connectivity index (χ0) is 10.3. The number of halogens is 1. The molecule has 0 amide bonds. The van der Waals surface area contributed by atoms with Crippen LogP contribution >= 0.6 is 23.4 Å². The highest BCUT2D eigenvalue weighted by atomic mass is 35.5. The Bertz CT molecular complexity index is 219. The maximum absolute atomic E-state index is 11.3. The van der Waals surface area contributed by atoms with Gasteiger partial charge in [-0.05, 0) is 12.7 Å². The molecular formula is C7H16ClNO2S2. The summed E-state index contributed by atoms with van der Waals surface area (Å²) in [5.74, 6) is 0.947. The monoisotopic (exact) mass is 245 g/mol. The zero-order valence-corrected chi connectivity index (χ0v) is 10.3. The lowest BCUT2D eigenvalue weighted by Crippen LogP contribution is -2.37. The number of alkyl halides is 1. The first-order valence-corrected chi connectivity index (χ1v) is 7.68. The molecule has 13 heavy (non-hydrogen) atoms. The van der Waals surface area contributed by atoms with Crippen LogP contribution in [-0.4, -0.2) is 38.1 Å². The smallest absolute Gasteiger partial charge is 0.212 e. The van der Waals surface area contributed by atoms with E-state index in [1.165, 1.54) is 0 Å². The molecule has 3 nitrogen and oxygen atoms in total. The van der Waals surface area contributed by atoms with Gasteiger partial charge in [-0.1, -0.05) is 6.92 Å². The standard InChI is InChI=1S/C7H16ClNO2S2/c1-3-7(6-12-2)9-13(10,11)5-4-8/h7,9H,3-6H2,1-2H3. The van der Waals surface area contributed by atoms with E-state index in [0.29, 0.717) is 0 Å². The van der Waals surface area contributed by atoms with Crippen LogP contribution in [0.15, 0.2) is 0 Å². The summed E-state index contributed by atoms with van der Waals surface area (Å²) in [5.41, 5.74) is 0. The number of nitrogens with one attached hydrogen (secondary N) is 1. The van der Waals surface area contributed by atoms with E-state index in [-0.39, 0.29) is 17.7 Å². The molecule has 0 radical (unpaired) electrons. The molecule has 1 atom stereocenters. The average molecular weight is 246 g/mol. The maximum atomic E-state index is 11.3. The first-order valence-electron chi connectivity index (χ1n) is 4.10. The quantitative estimate of drug-likeness (QED) is 0.688. The molecule has 0 rings (SSSR count). The molecule has 0 aliphatic rings. The molecule has 6 heteroatoms. The number of hydrogen-bond donors (Lipinski definition) is 1. The minimum absolute atomic E-state index is 0.000559. The van der Waals surface area contributed by atoms with Gasteiger partial charge in [-0.15, -0.1) is 11.6 Å². The van der Waals surface area contributed by atoms with E-state index in [4.69, 9.17) is 11.6 Å². The van der Waals surface area contributed by atoms with Gasteiger partial charge in [0.05, 0.1) is 5.75 Å². The fraction of sp³-hybridized carbons (Fsp3) is 1.00. The molecule has 0 aromatic heterocycles. The van der Waals surface area contributed by atoms with E-state index in [2.05, 4.69) is 4.72 Å². The second kappa shape index (κ2) is 6.92. The first-order chi connectivity index (χ1) is 6.05. The van der Waals surface area contributed by atoms with Crippen molar-refractivity contribution in [1.82, 2.24) is 4.72 Å². The molecule has 0 saturated carbocycles. The van der Waals surface area contributed by atoms with E-state index in [1.807, 2.05) is 13.2 Å². The summed E-state index contributed by atoms with van der Waals surface area (Å²) in [6.45, 7) is 1.96. The lowest BCUT2D eigenvalue weighted by Gasteiger charge is -2.14. The van der Waals surface area contributed by atoms with Crippen molar-refractivity contribution in [2.24, 2.45) is 0 Å². The summed E-state index contributed by atoms with van der Waals surface area (Å²) in [5, 5.41) is 0. The van der Waals surface area contributed by atoms with Crippen molar-refractivity contribution in [1.29, 1.82) is 0 Å². The third-order valence-electron chi connectivity index (χ3n) is 1.55. The SMILES string of the molecule is CCC(CSC)NS(=O)(=O)CCCl. The van der Waals surface area contributed by atoms with Crippen molar-refractivity contribution in [3.05, 3.63) is 0 Å². The summed E-state index contributed by atoms with van der Waals surface area (Å²) in [6.07, 6.45) is 2.76. The van der Waals surface area contributed by atoms with Crippen molar-refractivity contribution in [3.63, 3.8) is 0 Å². The van der Waals surface area contributed by atoms with Gasteiger partial charge in [0, 0.05) is 17.7 Å². The van der Waals surface area contributed by atoms with Crippen LogP contribution in [0.25, 0.3) is 0 Å². The lowest BCUT2D eigenvalue weighted by atomic mass is 10.3. The molecule has 0 saturated heterocycles. The van der Waals surface area contributed by atoms with Crippen molar-refractivity contribution in [2.75, 3.05) is 23.6 Å². The number of rotatable bonds is 7. The fourth-order valence-electron chi connectivity index (χ4n) is 0.851. The molecule has 0 heterocycles. The Morgan fingerprint density at radius 2 is 2.15 bits per heavy atom. The van der Waals surface area contributed by atoms with Crippen LogP contribution in [0.3, 0.4) is 0 Å². The highest BCUT2D eigenvalue weighted by Crippen LogP contribution is 2.03. The predicted molar refractivity (Wildman–Crippen MR) is 60.1 cm³/mol. The van der Waals surface area contributed by atoms with Crippen LogP contribution in [-0.2, 0) is 10.0 Å². The minimum Gasteiger partial charge on any atom is -0.212 e. The Kier molecular flexibility index (Phi) is 7.22. The Labute approximate surface area is 89.7 Å². The second-order valence-electron chi connectivity index (χ2n) is 2.69. The van der Waals surface area contributed by atoms with Gasteiger partial charge in [-0.25, -0.2) is 13.1 Å². The summed E-state index contributed by atoms with van der Waals surface area (Å²) in [4.78, 5) is 0. The zero-order valence-electron chi connectivity index (χ0n) is 7.92. The van der Waals surface area contributed by atoms with E-state index in [9.17, 15) is 8.42 Å². The fourth-order valence-corrected chi connectivity index (χ4v) is 3.37. The van der Waals surface area contributed by atoms with Gasteiger partial charge >= 0.3 is 0 Å². The minimum atomic E-state index is -3.16. The Hall–Kier alpha value is 0.550. The first kappa shape index (κ1) is 13.5. The normalized spacial score (nSPS) is 14.4. The third-order valence-corrected chi connectivity index (χ3v) is 4.14. The predicted octanol–water partition coefficient (Wildman–Crippen LogP) is 1.29. The van der Waals surface area contributed by atoms with E-state index < -0.39 is 10.0 Å². The van der Waals surface area contributed by atoms with Gasteiger partial charge in [-0.3, -0.25) is 0 Å². The van der Waals surface area contributed by atoms with Crippen molar-refractivity contribution in [2.45, 2.75) is 19.4 Å². The second-order valence-corrected chi connectivity index (χ2v) is 5.85. The third kappa shape index (κ3) is 6.60. The van der Waals surface area contributed by atoms with Gasteiger partial charge in [0.1, 0.15) is 0 Å². The molecule has 80 valence electrons. The maximum Gasteiger partial charge on any atom is 0.213 e. The Morgan fingerprint density at radius 1 is 1.54 bits per heavy atom. The van der Waals surface area contributed by atoms with Crippen LogP contribution in [0.1, 0.15) is 13.3 Å². The highest BCUT2D eigenvalue weighted by Gasteiger charge is 2.14. The van der Waals surface area contributed by atoms with Crippen molar-refractivity contribution >= 4 is 33.4 Å². The number of hydrogen-bond acceptors (Lipinski definition) is 3. The molecule has 0 aliphatic carbocycles. The summed E-state index contributed by atoms with van der Waals surface area (Å²) >= 11 is 7.00. The van der Waals surface area contributed by atoms with Gasteiger partial charge in [0.15, 0.2) is 0 Å². The largest absolute Gasteiger partial charge is 0.213 e. The van der Waals surface area contributed by atoms with Gasteiger partial charge < -0.3 is 0 Å². The van der Waals surface area contributed by atoms with Gasteiger partial charge in [0.2, 0.25) is 10.0 Å². The van der Waals surface area contributed by atoms with Gasteiger partial charge in [0.25, 0.3) is 0 Å². The van der Waals surface area contributed by atoms with Crippen LogP contribution in [0.2, 0.25) is 0 Å². The molecule has 0 fully saturated rings. The molecule has 0 bridgehead atoms. The molecule has 0 aromatic carbocycles. The van der Waals surface area contributed by atoms with Crippen molar-refractivity contribution < 1.29 is 8.42 Å². The Balaban J connectivity index is 4.06. The van der Waals surface area contributed by atoms with Crippen LogP contribution in [0.4, 0.5) is 0 Å². The van der Waals surface area contributed by atoms with Crippen LogP contribution < -0.4 is 4.72 Å². The molecule has 1 N–H and O–H groups in total. The highest BCUT2D eigenvalue weighted by molar-refractivity contribution is 7.98. The average Bonchev–Trinajstić information content (AvgIpc) is 2.03. The number of sulfonamides is 1.